The first-order valence-corrected chi connectivity index (χ1v) is 11.5. The lowest BCUT2D eigenvalue weighted by Gasteiger charge is -2.31. The summed E-state index contributed by atoms with van der Waals surface area (Å²) in [6.07, 6.45) is 0. The van der Waals surface area contributed by atoms with Crippen LogP contribution in [0.3, 0.4) is 0 Å². The first kappa shape index (κ1) is 25.8. The molecule has 2 N–H and O–H groups in total. The second-order valence-electron chi connectivity index (χ2n) is 7.98. The monoisotopic (exact) mass is 601 g/mol. The molecule has 176 valence electrons. The number of halogens is 3. The molecule has 0 atom stereocenters. The van der Waals surface area contributed by atoms with Crippen LogP contribution >= 0.6 is 47.4 Å². The van der Waals surface area contributed by atoms with Crippen molar-refractivity contribution in [3.8, 4) is 0 Å². The molecule has 0 unspecified atom stereocenters. The first-order valence-electron chi connectivity index (χ1n) is 10.4. The van der Waals surface area contributed by atoms with E-state index in [4.69, 9.17) is 4.84 Å². The molecule has 3 heterocycles. The van der Waals surface area contributed by atoms with Crippen molar-refractivity contribution in [1.82, 2.24) is 9.80 Å². The fourth-order valence-electron chi connectivity index (χ4n) is 4.14. The number of amides is 1. The Morgan fingerprint density at radius 3 is 2.52 bits per heavy atom. The summed E-state index contributed by atoms with van der Waals surface area (Å²) in [5, 5.41) is 10.9. The second-order valence-corrected chi connectivity index (χ2v) is 9.23. The van der Waals surface area contributed by atoms with E-state index in [-0.39, 0.29) is 30.7 Å². The number of fused-ring (bicyclic) bond motifs is 2. The summed E-state index contributed by atoms with van der Waals surface area (Å²) >= 11 is 2.26. The number of carbonyl (C=O) groups is 1. The first-order chi connectivity index (χ1) is 15.1. The van der Waals surface area contributed by atoms with Gasteiger partial charge in [-0.3, -0.25) is 9.69 Å². The fourth-order valence-corrected chi connectivity index (χ4v) is 4.63. The quantitative estimate of drug-likeness (QED) is 0.241. The van der Waals surface area contributed by atoms with Crippen molar-refractivity contribution in [2.24, 2.45) is 5.16 Å². The fraction of sp³-hybridized carbons (Fsp3) is 0.304. The third-order valence-corrected chi connectivity index (χ3v) is 6.58. The van der Waals surface area contributed by atoms with Crippen molar-refractivity contribution in [3.05, 3.63) is 62.9 Å². The number of benzene rings is 2. The Labute approximate surface area is 219 Å². The summed E-state index contributed by atoms with van der Waals surface area (Å²) < 4.78 is 1.07. The number of anilines is 2. The zero-order valence-electron chi connectivity index (χ0n) is 18.1. The summed E-state index contributed by atoms with van der Waals surface area (Å²) in [7, 11) is 2.15. The van der Waals surface area contributed by atoms with Gasteiger partial charge in [-0.25, -0.2) is 0 Å². The van der Waals surface area contributed by atoms with Gasteiger partial charge in [-0.05, 0) is 53.9 Å². The van der Waals surface area contributed by atoms with Gasteiger partial charge < -0.3 is 20.4 Å². The number of nitrogens with one attached hydrogen (secondary N) is 2. The predicted molar refractivity (Wildman–Crippen MR) is 146 cm³/mol. The van der Waals surface area contributed by atoms with Gasteiger partial charge in [-0.1, -0.05) is 23.4 Å². The maximum atomic E-state index is 12.9. The molecule has 0 aromatic heterocycles. The third kappa shape index (κ3) is 5.30. The van der Waals surface area contributed by atoms with E-state index in [9.17, 15) is 4.79 Å². The Morgan fingerprint density at radius 1 is 1.00 bits per heavy atom. The number of oxime groups is 1. The molecule has 0 bridgehead atoms. The second kappa shape index (κ2) is 11.1. The van der Waals surface area contributed by atoms with Gasteiger partial charge in [0.15, 0.2) is 0 Å². The van der Waals surface area contributed by atoms with Crippen molar-refractivity contribution in [2.75, 3.05) is 57.0 Å². The SMILES string of the molecule is CN1CCN(CCO/N=C2/C(=C3/C(=O)Nc4ccc(I)cc43)Nc3ccccc32)CC1.Cl.Cl. The van der Waals surface area contributed by atoms with Crippen LogP contribution in [0.5, 0.6) is 0 Å². The molecule has 3 aliphatic rings. The number of rotatable bonds is 4. The van der Waals surface area contributed by atoms with E-state index < -0.39 is 0 Å². The van der Waals surface area contributed by atoms with Crippen molar-refractivity contribution in [2.45, 2.75) is 0 Å². The molecule has 2 aromatic rings. The highest BCUT2D eigenvalue weighted by Gasteiger charge is 2.34. The lowest BCUT2D eigenvalue weighted by atomic mass is 10.0. The van der Waals surface area contributed by atoms with Crippen molar-refractivity contribution in [3.63, 3.8) is 0 Å². The van der Waals surface area contributed by atoms with Crippen LogP contribution < -0.4 is 10.6 Å². The van der Waals surface area contributed by atoms with E-state index in [0.29, 0.717) is 23.6 Å². The molecule has 0 spiro atoms. The standard InChI is InChI=1S/C23H24IN5O2.2ClH/c1-28-8-10-29(11-9-28)12-13-31-27-21-16-4-2-3-5-18(16)25-22(21)20-17-14-15(24)6-7-19(17)26-23(20)30;;/h2-7,14,25H,8-13H2,1H3,(H,26,30);2*1H/b22-20-,27-21+;;. The number of hydrogen-bond acceptors (Lipinski definition) is 6. The number of para-hydroxylation sites is 1. The normalized spacial score (nSPS) is 20.9. The number of hydrogen-bond donors (Lipinski definition) is 2. The molecule has 3 aliphatic heterocycles. The summed E-state index contributed by atoms with van der Waals surface area (Å²) in [5.41, 5.74) is 5.55. The molecule has 0 radical (unpaired) electrons. The molecule has 2 aromatic carbocycles. The summed E-state index contributed by atoms with van der Waals surface area (Å²) in [5.74, 6) is -0.127. The van der Waals surface area contributed by atoms with Crippen LogP contribution in [0.2, 0.25) is 0 Å². The minimum absolute atomic E-state index is 0. The zero-order valence-corrected chi connectivity index (χ0v) is 21.9. The topological polar surface area (TPSA) is 69.2 Å². The van der Waals surface area contributed by atoms with E-state index in [0.717, 1.165) is 58.8 Å². The number of carbonyl (C=O) groups excluding carboxylic acids is 1. The molecular formula is C23H26Cl2IN5O2. The van der Waals surface area contributed by atoms with Crippen LogP contribution in [0.4, 0.5) is 11.4 Å². The maximum absolute atomic E-state index is 12.9. The van der Waals surface area contributed by atoms with Gasteiger partial charge >= 0.3 is 0 Å². The van der Waals surface area contributed by atoms with Gasteiger partial charge in [0.25, 0.3) is 5.91 Å². The van der Waals surface area contributed by atoms with Gasteiger partial charge in [-0.2, -0.15) is 0 Å². The smallest absolute Gasteiger partial charge is 0.258 e. The average Bonchev–Trinajstić information content (AvgIpc) is 3.28. The molecule has 7 nitrogen and oxygen atoms in total. The predicted octanol–water partition coefficient (Wildman–Crippen LogP) is 3.89. The Bertz CT molecular complexity index is 1100. The average molecular weight is 602 g/mol. The van der Waals surface area contributed by atoms with Crippen LogP contribution in [0.1, 0.15) is 11.1 Å². The molecule has 1 saturated heterocycles. The van der Waals surface area contributed by atoms with E-state index in [1.807, 2.05) is 42.5 Å². The van der Waals surface area contributed by atoms with Crippen LogP contribution in [0.25, 0.3) is 5.57 Å². The number of nitrogens with zero attached hydrogens (tertiary/aromatic N) is 3. The highest BCUT2D eigenvalue weighted by Crippen LogP contribution is 2.39. The van der Waals surface area contributed by atoms with E-state index in [1.54, 1.807) is 0 Å². The summed E-state index contributed by atoms with van der Waals surface area (Å²) in [6, 6.07) is 13.9. The Hall–Kier alpha value is -1.85. The van der Waals surface area contributed by atoms with Gasteiger partial charge in [-0.15, -0.1) is 24.8 Å². The van der Waals surface area contributed by atoms with Gasteiger partial charge in [0.1, 0.15) is 12.3 Å². The van der Waals surface area contributed by atoms with Gasteiger partial charge in [0, 0.05) is 58.8 Å². The molecule has 1 amide bonds. The van der Waals surface area contributed by atoms with E-state index in [2.05, 4.69) is 55.2 Å². The van der Waals surface area contributed by atoms with Crippen molar-refractivity contribution in [1.29, 1.82) is 0 Å². The minimum atomic E-state index is -0.127. The largest absolute Gasteiger partial charge is 0.394 e. The molecule has 0 aliphatic carbocycles. The number of likely N-dealkylation sites (N-methyl/N-ethyl adjacent to an activating group) is 1. The Morgan fingerprint density at radius 2 is 1.73 bits per heavy atom. The Kier molecular flexibility index (Phi) is 8.63. The van der Waals surface area contributed by atoms with Crippen LogP contribution in [0.15, 0.2) is 53.3 Å². The molecule has 1 fully saturated rings. The zero-order chi connectivity index (χ0) is 21.4. The molecular weight excluding hydrogens is 576 g/mol. The molecule has 5 rings (SSSR count). The molecule has 33 heavy (non-hydrogen) atoms. The summed E-state index contributed by atoms with van der Waals surface area (Å²) in [6.45, 7) is 5.61. The number of piperazine rings is 1. The molecule has 0 saturated carbocycles. The van der Waals surface area contributed by atoms with Crippen LogP contribution in [-0.2, 0) is 9.63 Å². The van der Waals surface area contributed by atoms with Crippen molar-refractivity contribution >= 4 is 76.0 Å². The highest BCUT2D eigenvalue weighted by atomic mass is 127. The molecule has 10 heteroatoms. The summed E-state index contributed by atoms with van der Waals surface area (Å²) in [4.78, 5) is 23.4. The minimum Gasteiger partial charge on any atom is -0.394 e. The third-order valence-electron chi connectivity index (χ3n) is 5.91. The van der Waals surface area contributed by atoms with Gasteiger partial charge in [0.2, 0.25) is 0 Å². The van der Waals surface area contributed by atoms with E-state index in [1.165, 1.54) is 0 Å². The van der Waals surface area contributed by atoms with Gasteiger partial charge in [0.05, 0.1) is 11.3 Å². The number of allylic oxidation sites excluding steroid dienone is 1. The van der Waals surface area contributed by atoms with Crippen LogP contribution in [-0.4, -0.2) is 67.8 Å². The maximum Gasteiger partial charge on any atom is 0.258 e. The van der Waals surface area contributed by atoms with Crippen molar-refractivity contribution < 1.29 is 9.63 Å². The lowest BCUT2D eigenvalue weighted by molar-refractivity contribution is -0.110. The Balaban J connectivity index is 0.00000153. The van der Waals surface area contributed by atoms with Crippen LogP contribution in [0, 0.1) is 3.57 Å². The van der Waals surface area contributed by atoms with E-state index >= 15 is 0 Å². The lowest BCUT2D eigenvalue weighted by Crippen LogP contribution is -2.45. The highest BCUT2D eigenvalue weighted by molar-refractivity contribution is 14.1.